The number of fused-ring (bicyclic) bond motifs is 1. The SMILES string of the molecule is Cc1ccc(-c2nnc([SH]3C=Nc4ccccc43)o2)cc1. The maximum atomic E-state index is 5.87. The van der Waals surface area contributed by atoms with Gasteiger partial charge in [-0.15, -0.1) is 21.1 Å². The molecule has 2 heterocycles. The summed E-state index contributed by atoms with van der Waals surface area (Å²) in [5.41, 5.74) is 5.07. The molecule has 4 nitrogen and oxygen atoms in total. The standard InChI is InChI=1S/C16H13N3OS/c1-11-6-8-12(9-7-11)15-18-19-16(20-15)21-10-17-13-4-2-3-5-14(13)21/h2-10,21H,1H3. The Kier molecular flexibility index (Phi) is 2.86. The normalized spacial score (nSPS) is 17.9. The molecule has 1 aliphatic heterocycles. The molecule has 21 heavy (non-hydrogen) atoms. The number of nitrogens with zero attached hydrogens (tertiary/aromatic N) is 3. The summed E-state index contributed by atoms with van der Waals surface area (Å²) in [7, 11) is -0.764. The third-order valence-electron chi connectivity index (χ3n) is 3.37. The maximum absolute atomic E-state index is 5.87. The molecule has 104 valence electrons. The molecule has 0 saturated carbocycles. The van der Waals surface area contributed by atoms with E-state index in [1.807, 2.05) is 48.0 Å². The number of para-hydroxylation sites is 1. The van der Waals surface area contributed by atoms with Crippen molar-refractivity contribution in [2.24, 2.45) is 4.99 Å². The van der Waals surface area contributed by atoms with Crippen LogP contribution in [0.3, 0.4) is 0 Å². The van der Waals surface area contributed by atoms with Crippen LogP contribution in [0.5, 0.6) is 0 Å². The topological polar surface area (TPSA) is 51.3 Å². The molecule has 0 amide bonds. The molecule has 0 fully saturated rings. The Labute approximate surface area is 124 Å². The summed E-state index contributed by atoms with van der Waals surface area (Å²) in [6, 6.07) is 16.1. The first kappa shape index (κ1) is 12.3. The molecule has 1 unspecified atom stereocenters. The molecule has 0 aliphatic carbocycles. The van der Waals surface area contributed by atoms with Gasteiger partial charge in [-0.3, -0.25) is 0 Å². The number of aromatic nitrogens is 2. The molecule has 1 atom stereocenters. The number of rotatable bonds is 2. The van der Waals surface area contributed by atoms with Crippen molar-refractivity contribution in [3.63, 3.8) is 0 Å². The predicted molar refractivity (Wildman–Crippen MR) is 84.6 cm³/mol. The number of aryl methyl sites for hydroxylation is 1. The van der Waals surface area contributed by atoms with Gasteiger partial charge in [0, 0.05) is 10.5 Å². The molecular weight excluding hydrogens is 282 g/mol. The second-order valence-electron chi connectivity index (χ2n) is 4.86. The Balaban J connectivity index is 1.70. The van der Waals surface area contributed by atoms with E-state index < -0.39 is 10.9 Å². The summed E-state index contributed by atoms with van der Waals surface area (Å²) in [4.78, 5) is 5.60. The van der Waals surface area contributed by atoms with Crippen LogP contribution in [0.4, 0.5) is 5.69 Å². The number of aliphatic imine (C=N–C) groups is 1. The van der Waals surface area contributed by atoms with Gasteiger partial charge in [-0.1, -0.05) is 29.8 Å². The van der Waals surface area contributed by atoms with Gasteiger partial charge in [0.25, 0.3) is 5.22 Å². The van der Waals surface area contributed by atoms with Gasteiger partial charge in [0.05, 0.1) is 11.2 Å². The quantitative estimate of drug-likeness (QED) is 0.723. The van der Waals surface area contributed by atoms with Crippen molar-refractivity contribution in [3.8, 4) is 11.5 Å². The van der Waals surface area contributed by atoms with E-state index in [9.17, 15) is 0 Å². The number of hydrogen-bond acceptors (Lipinski definition) is 4. The predicted octanol–water partition coefficient (Wildman–Crippen LogP) is 4.14. The fourth-order valence-corrected chi connectivity index (χ4v) is 3.86. The first-order valence-corrected chi connectivity index (χ1v) is 8.05. The van der Waals surface area contributed by atoms with Gasteiger partial charge < -0.3 is 4.42 Å². The molecule has 0 N–H and O–H groups in total. The highest BCUT2D eigenvalue weighted by Gasteiger charge is 2.22. The first-order valence-electron chi connectivity index (χ1n) is 6.64. The second-order valence-corrected chi connectivity index (χ2v) is 6.69. The Hall–Kier alpha value is -2.40. The Morgan fingerprint density at radius 1 is 0.952 bits per heavy atom. The zero-order valence-electron chi connectivity index (χ0n) is 11.4. The molecular formula is C16H13N3OS. The number of thiol groups is 1. The van der Waals surface area contributed by atoms with Crippen LogP contribution in [0.25, 0.3) is 11.5 Å². The lowest BCUT2D eigenvalue weighted by atomic mass is 10.1. The number of benzene rings is 2. The molecule has 1 aromatic heterocycles. The molecule has 0 radical (unpaired) electrons. The van der Waals surface area contributed by atoms with E-state index in [0.29, 0.717) is 11.1 Å². The van der Waals surface area contributed by atoms with Crippen LogP contribution in [0.2, 0.25) is 0 Å². The van der Waals surface area contributed by atoms with Crippen LogP contribution < -0.4 is 0 Å². The van der Waals surface area contributed by atoms with E-state index in [4.69, 9.17) is 4.42 Å². The summed E-state index contributed by atoms with van der Waals surface area (Å²) in [6.45, 7) is 2.05. The van der Waals surface area contributed by atoms with Gasteiger partial charge in [0.15, 0.2) is 0 Å². The van der Waals surface area contributed by atoms with E-state index in [2.05, 4.69) is 28.2 Å². The van der Waals surface area contributed by atoms with Crippen LogP contribution in [0.1, 0.15) is 5.56 Å². The van der Waals surface area contributed by atoms with Crippen molar-refractivity contribution in [3.05, 3.63) is 54.1 Å². The smallest absolute Gasteiger partial charge is 0.265 e. The molecule has 5 heteroatoms. The van der Waals surface area contributed by atoms with Gasteiger partial charge in [0.1, 0.15) is 0 Å². The molecule has 1 aliphatic rings. The third kappa shape index (κ3) is 2.15. The van der Waals surface area contributed by atoms with Crippen molar-refractivity contribution < 1.29 is 4.42 Å². The average molecular weight is 295 g/mol. The largest absolute Gasteiger partial charge is 0.412 e. The second kappa shape index (κ2) is 4.86. The molecule has 2 aromatic carbocycles. The summed E-state index contributed by atoms with van der Waals surface area (Å²) in [5, 5.41) is 9.04. The van der Waals surface area contributed by atoms with Crippen LogP contribution in [0, 0.1) is 6.92 Å². The zero-order valence-corrected chi connectivity index (χ0v) is 12.3. The summed E-state index contributed by atoms with van der Waals surface area (Å²) in [5.74, 6) is 0.560. The monoisotopic (exact) mass is 295 g/mol. The fourth-order valence-electron chi connectivity index (χ4n) is 2.24. The molecule has 0 spiro atoms. The minimum Gasteiger partial charge on any atom is -0.412 e. The van der Waals surface area contributed by atoms with E-state index in [0.717, 1.165) is 11.3 Å². The first-order chi connectivity index (χ1) is 10.3. The minimum absolute atomic E-state index is 0.560. The fraction of sp³-hybridized carbons (Fsp3) is 0.0625. The highest BCUT2D eigenvalue weighted by Crippen LogP contribution is 2.50. The van der Waals surface area contributed by atoms with Crippen molar-refractivity contribution in [2.45, 2.75) is 17.0 Å². The number of hydrogen-bond donors (Lipinski definition) is 1. The van der Waals surface area contributed by atoms with E-state index >= 15 is 0 Å². The van der Waals surface area contributed by atoms with Crippen molar-refractivity contribution in [1.29, 1.82) is 0 Å². The van der Waals surface area contributed by atoms with Crippen molar-refractivity contribution in [2.75, 3.05) is 0 Å². The average Bonchev–Trinajstić information content (AvgIpc) is 3.14. The van der Waals surface area contributed by atoms with Crippen LogP contribution in [0.15, 0.2) is 68.1 Å². The molecule has 4 rings (SSSR count). The van der Waals surface area contributed by atoms with Crippen LogP contribution >= 0.6 is 10.9 Å². The molecule has 3 aromatic rings. The van der Waals surface area contributed by atoms with E-state index in [1.54, 1.807) is 0 Å². The Bertz CT molecular complexity index is 824. The van der Waals surface area contributed by atoms with Crippen molar-refractivity contribution >= 4 is 22.1 Å². The summed E-state index contributed by atoms with van der Waals surface area (Å²) in [6.07, 6.45) is 0. The van der Waals surface area contributed by atoms with Gasteiger partial charge >= 0.3 is 0 Å². The van der Waals surface area contributed by atoms with Crippen LogP contribution in [-0.4, -0.2) is 15.7 Å². The van der Waals surface area contributed by atoms with Gasteiger partial charge in [-0.05, 0) is 31.2 Å². The van der Waals surface area contributed by atoms with E-state index in [-0.39, 0.29) is 0 Å². The highest BCUT2D eigenvalue weighted by atomic mass is 32.2. The maximum Gasteiger partial charge on any atom is 0.265 e. The zero-order chi connectivity index (χ0) is 14.2. The van der Waals surface area contributed by atoms with Crippen LogP contribution in [-0.2, 0) is 0 Å². The summed E-state index contributed by atoms with van der Waals surface area (Å²) >= 11 is 0. The highest BCUT2D eigenvalue weighted by molar-refractivity contribution is 8.28. The minimum atomic E-state index is -0.764. The van der Waals surface area contributed by atoms with Gasteiger partial charge in [-0.25, -0.2) is 4.99 Å². The molecule has 0 saturated heterocycles. The molecule has 0 bridgehead atoms. The third-order valence-corrected chi connectivity index (χ3v) is 5.21. The van der Waals surface area contributed by atoms with Gasteiger partial charge in [0.2, 0.25) is 5.89 Å². The lowest BCUT2D eigenvalue weighted by Gasteiger charge is -2.07. The lowest BCUT2D eigenvalue weighted by molar-refractivity contribution is 0.465. The van der Waals surface area contributed by atoms with E-state index in [1.165, 1.54) is 10.5 Å². The van der Waals surface area contributed by atoms with Crippen molar-refractivity contribution in [1.82, 2.24) is 10.2 Å². The summed E-state index contributed by atoms with van der Waals surface area (Å²) < 4.78 is 5.87. The Morgan fingerprint density at radius 3 is 2.62 bits per heavy atom. The van der Waals surface area contributed by atoms with Gasteiger partial charge in [-0.2, -0.15) is 0 Å². The Morgan fingerprint density at radius 2 is 1.76 bits per heavy atom. The lowest BCUT2D eigenvalue weighted by Crippen LogP contribution is -1.82.